The van der Waals surface area contributed by atoms with Crippen molar-refractivity contribution in [2.75, 3.05) is 0 Å². The number of Topliss-reactive ketones (excluding diaryl/α,β-unsaturated/α-hetero) is 2. The van der Waals surface area contributed by atoms with E-state index in [1.54, 1.807) is 0 Å². The van der Waals surface area contributed by atoms with Gasteiger partial charge in [0.15, 0.2) is 0 Å². The Bertz CT molecular complexity index is 625. The lowest BCUT2D eigenvalue weighted by atomic mass is 9.45. The molecule has 0 aromatic carbocycles. The first-order valence-electron chi connectivity index (χ1n) is 9.99. The fraction of sp³-hybridized carbons (Fsp3) is 0.857. The number of fused-ring (bicyclic) bond motifs is 5. The quantitative estimate of drug-likeness (QED) is 0.679. The molecule has 4 nitrogen and oxygen atoms in total. The van der Waals surface area contributed by atoms with Crippen LogP contribution in [0.25, 0.3) is 0 Å². The molecule has 0 N–H and O–H groups in total. The van der Waals surface area contributed by atoms with Gasteiger partial charge in [0, 0.05) is 31.1 Å². The van der Waals surface area contributed by atoms with Gasteiger partial charge in [-0.3, -0.25) is 14.4 Å². The van der Waals surface area contributed by atoms with Crippen molar-refractivity contribution in [3.05, 3.63) is 0 Å². The first-order valence-corrected chi connectivity index (χ1v) is 9.99. The van der Waals surface area contributed by atoms with Crippen LogP contribution >= 0.6 is 0 Å². The highest BCUT2D eigenvalue weighted by Crippen LogP contribution is 2.64. The summed E-state index contributed by atoms with van der Waals surface area (Å²) in [4.78, 5) is 37.0. The summed E-state index contributed by atoms with van der Waals surface area (Å²) in [5.74, 6) is 1.78. The largest absolute Gasteiger partial charge is 0.463 e. The fourth-order valence-electron chi connectivity index (χ4n) is 7.15. The van der Waals surface area contributed by atoms with Crippen LogP contribution in [0.4, 0.5) is 0 Å². The number of hydrogen-bond acceptors (Lipinski definition) is 4. The smallest absolute Gasteiger partial charge is 0.302 e. The Hall–Kier alpha value is -1.19. The fourth-order valence-corrected chi connectivity index (χ4v) is 7.15. The van der Waals surface area contributed by atoms with Crippen molar-refractivity contribution in [1.82, 2.24) is 0 Å². The molecule has 4 saturated carbocycles. The number of hydrogen-bond donors (Lipinski definition) is 0. The standard InChI is InChI=1S/C21H30O4/c1-12(22)25-14-8-9-20(2)13(10-14)4-5-15-16-6-7-18(24)21(16,3)11-17(23)19(15)20/h13-16,19H,4-11H2,1-3H3/t13-,14-,15-,16+,19+,20-,21+/m1/s1. The molecule has 4 aliphatic carbocycles. The average Bonchev–Trinajstić information content (AvgIpc) is 2.82. The Morgan fingerprint density at radius 1 is 1.12 bits per heavy atom. The van der Waals surface area contributed by atoms with Crippen LogP contribution < -0.4 is 0 Å². The first kappa shape index (κ1) is 17.2. The van der Waals surface area contributed by atoms with E-state index in [2.05, 4.69) is 6.92 Å². The zero-order chi connectivity index (χ0) is 18.0. The van der Waals surface area contributed by atoms with Gasteiger partial charge in [-0.05, 0) is 61.7 Å². The van der Waals surface area contributed by atoms with Gasteiger partial charge >= 0.3 is 5.97 Å². The Morgan fingerprint density at radius 3 is 2.60 bits per heavy atom. The van der Waals surface area contributed by atoms with Crippen molar-refractivity contribution in [3.63, 3.8) is 0 Å². The van der Waals surface area contributed by atoms with Gasteiger partial charge in [0.1, 0.15) is 17.7 Å². The minimum Gasteiger partial charge on any atom is -0.463 e. The zero-order valence-corrected chi connectivity index (χ0v) is 15.7. The number of esters is 1. The average molecular weight is 346 g/mol. The van der Waals surface area contributed by atoms with Crippen molar-refractivity contribution in [1.29, 1.82) is 0 Å². The molecule has 0 radical (unpaired) electrons. The Morgan fingerprint density at radius 2 is 1.88 bits per heavy atom. The van der Waals surface area contributed by atoms with E-state index in [0.717, 1.165) is 38.5 Å². The third-order valence-corrected chi connectivity index (χ3v) is 8.35. The van der Waals surface area contributed by atoms with Crippen LogP contribution in [0, 0.1) is 34.5 Å². The molecule has 0 aromatic rings. The second-order valence-electron chi connectivity index (χ2n) is 9.56. The van der Waals surface area contributed by atoms with E-state index in [4.69, 9.17) is 4.74 Å². The molecule has 0 aromatic heterocycles. The van der Waals surface area contributed by atoms with Crippen LogP contribution in [0.3, 0.4) is 0 Å². The second-order valence-corrected chi connectivity index (χ2v) is 9.56. The van der Waals surface area contributed by atoms with Gasteiger partial charge < -0.3 is 4.74 Å². The van der Waals surface area contributed by atoms with Gasteiger partial charge in [-0.25, -0.2) is 0 Å². The highest BCUT2D eigenvalue weighted by molar-refractivity contribution is 5.95. The van der Waals surface area contributed by atoms with Gasteiger partial charge in [0.25, 0.3) is 0 Å². The van der Waals surface area contributed by atoms with Gasteiger partial charge in [-0.2, -0.15) is 0 Å². The maximum Gasteiger partial charge on any atom is 0.302 e. The van der Waals surface area contributed by atoms with Gasteiger partial charge in [0.2, 0.25) is 0 Å². The summed E-state index contributed by atoms with van der Waals surface area (Å²) in [5, 5.41) is 0. The number of carbonyl (C=O) groups is 3. The normalized spacial score (nSPS) is 49.2. The maximum absolute atomic E-state index is 13.2. The molecule has 7 atom stereocenters. The Balaban J connectivity index is 1.60. The molecule has 0 bridgehead atoms. The summed E-state index contributed by atoms with van der Waals surface area (Å²) < 4.78 is 5.48. The molecule has 0 unspecified atom stereocenters. The highest BCUT2D eigenvalue weighted by atomic mass is 16.5. The van der Waals surface area contributed by atoms with Crippen LogP contribution in [-0.2, 0) is 19.1 Å². The monoisotopic (exact) mass is 346 g/mol. The predicted octanol–water partition coefficient (Wildman–Crippen LogP) is 3.71. The molecule has 0 amide bonds. The highest BCUT2D eigenvalue weighted by Gasteiger charge is 2.63. The summed E-state index contributed by atoms with van der Waals surface area (Å²) in [7, 11) is 0. The number of rotatable bonds is 1. The summed E-state index contributed by atoms with van der Waals surface area (Å²) in [6.45, 7) is 5.83. The van der Waals surface area contributed by atoms with E-state index in [0.29, 0.717) is 42.2 Å². The lowest BCUT2D eigenvalue weighted by molar-refractivity contribution is -0.168. The predicted molar refractivity (Wildman–Crippen MR) is 92.7 cm³/mol. The van der Waals surface area contributed by atoms with Gasteiger partial charge in [-0.1, -0.05) is 13.8 Å². The minimum atomic E-state index is -0.392. The van der Waals surface area contributed by atoms with Crippen molar-refractivity contribution in [3.8, 4) is 0 Å². The summed E-state index contributed by atoms with van der Waals surface area (Å²) in [5.41, 5.74) is -0.375. The summed E-state index contributed by atoms with van der Waals surface area (Å²) in [6.07, 6.45) is 6.97. The third-order valence-electron chi connectivity index (χ3n) is 8.35. The molecule has 4 fully saturated rings. The maximum atomic E-state index is 13.2. The lowest BCUT2D eigenvalue weighted by Crippen LogP contribution is -2.57. The molecule has 0 aliphatic heterocycles. The van der Waals surface area contributed by atoms with E-state index in [1.165, 1.54) is 6.92 Å². The number of carbonyl (C=O) groups excluding carboxylic acids is 3. The van der Waals surface area contributed by atoms with Crippen molar-refractivity contribution >= 4 is 17.5 Å². The van der Waals surface area contributed by atoms with Crippen LogP contribution in [0.2, 0.25) is 0 Å². The molecule has 4 aliphatic rings. The third kappa shape index (κ3) is 2.43. The summed E-state index contributed by atoms with van der Waals surface area (Å²) >= 11 is 0. The van der Waals surface area contributed by atoms with Crippen LogP contribution in [0.5, 0.6) is 0 Å². The molecule has 4 rings (SSSR count). The molecule has 0 heterocycles. The topological polar surface area (TPSA) is 60.4 Å². The van der Waals surface area contributed by atoms with E-state index in [1.807, 2.05) is 6.92 Å². The lowest BCUT2D eigenvalue weighted by Gasteiger charge is -2.59. The minimum absolute atomic E-state index is 0.0175. The summed E-state index contributed by atoms with van der Waals surface area (Å²) in [6, 6.07) is 0. The van der Waals surface area contributed by atoms with E-state index in [-0.39, 0.29) is 23.4 Å². The SMILES string of the molecule is CC(=O)O[C@@H]1CC[C@]2(C)[C@H](CC[C@H]3[C@H]2C(=O)C[C@]2(C)C(=O)CC[C@@H]32)C1. The molecule has 4 heteroatoms. The van der Waals surface area contributed by atoms with E-state index >= 15 is 0 Å². The molecular formula is C21H30O4. The van der Waals surface area contributed by atoms with Gasteiger partial charge in [-0.15, -0.1) is 0 Å². The first-order chi connectivity index (χ1) is 11.8. The Kier molecular flexibility index (Phi) is 3.90. The molecule has 138 valence electrons. The second kappa shape index (κ2) is 5.65. The van der Waals surface area contributed by atoms with Crippen molar-refractivity contribution < 1.29 is 19.1 Å². The van der Waals surface area contributed by atoms with Crippen LogP contribution in [-0.4, -0.2) is 23.6 Å². The number of ketones is 2. The number of ether oxygens (including phenoxy) is 1. The Labute approximate surface area is 150 Å². The van der Waals surface area contributed by atoms with Crippen molar-refractivity contribution in [2.24, 2.45) is 34.5 Å². The molecule has 25 heavy (non-hydrogen) atoms. The van der Waals surface area contributed by atoms with E-state index in [9.17, 15) is 14.4 Å². The van der Waals surface area contributed by atoms with Gasteiger partial charge in [0.05, 0.1) is 0 Å². The van der Waals surface area contributed by atoms with E-state index < -0.39 is 5.41 Å². The molecular weight excluding hydrogens is 316 g/mol. The van der Waals surface area contributed by atoms with Crippen molar-refractivity contribution in [2.45, 2.75) is 78.2 Å². The van der Waals surface area contributed by atoms with Crippen LogP contribution in [0.1, 0.15) is 72.1 Å². The molecule has 0 spiro atoms. The zero-order valence-electron chi connectivity index (χ0n) is 15.7. The van der Waals surface area contributed by atoms with Crippen LogP contribution in [0.15, 0.2) is 0 Å². The molecule has 0 saturated heterocycles.